The van der Waals surface area contributed by atoms with Crippen molar-refractivity contribution >= 4 is 11.8 Å². The van der Waals surface area contributed by atoms with E-state index >= 15 is 0 Å². The molecule has 3 fully saturated rings. The molecule has 6 heteroatoms. The summed E-state index contributed by atoms with van der Waals surface area (Å²) in [6, 6.07) is 0.986. The van der Waals surface area contributed by atoms with Gasteiger partial charge in [0.25, 0.3) is 0 Å². The van der Waals surface area contributed by atoms with E-state index in [2.05, 4.69) is 15.5 Å². The average molecular weight is 280 g/mol. The molecule has 0 aromatic rings. The summed E-state index contributed by atoms with van der Waals surface area (Å²) in [5.41, 5.74) is 0. The first-order valence-corrected chi connectivity index (χ1v) is 7.65. The molecule has 6 nitrogen and oxygen atoms in total. The Morgan fingerprint density at radius 3 is 2.50 bits per heavy atom. The van der Waals surface area contributed by atoms with Crippen LogP contribution in [0.15, 0.2) is 0 Å². The zero-order valence-corrected chi connectivity index (χ0v) is 12.1. The number of nitrogens with zero attached hydrogens (tertiary/aromatic N) is 2. The minimum atomic E-state index is 0.0436. The van der Waals surface area contributed by atoms with Crippen molar-refractivity contribution in [1.29, 1.82) is 0 Å². The van der Waals surface area contributed by atoms with Crippen molar-refractivity contribution in [2.75, 3.05) is 39.8 Å². The largest absolute Gasteiger partial charge is 0.358 e. The second-order valence-electron chi connectivity index (χ2n) is 6.16. The van der Waals surface area contributed by atoms with Gasteiger partial charge < -0.3 is 15.5 Å². The maximum Gasteiger partial charge on any atom is 0.233 e. The van der Waals surface area contributed by atoms with Crippen molar-refractivity contribution in [2.24, 2.45) is 5.92 Å². The molecule has 112 valence electrons. The van der Waals surface area contributed by atoms with Gasteiger partial charge in [0.15, 0.2) is 0 Å². The van der Waals surface area contributed by atoms with Crippen LogP contribution in [0, 0.1) is 5.92 Å². The predicted molar refractivity (Wildman–Crippen MR) is 75.1 cm³/mol. The van der Waals surface area contributed by atoms with Crippen molar-refractivity contribution in [1.82, 2.24) is 20.4 Å². The van der Waals surface area contributed by atoms with Crippen LogP contribution in [-0.2, 0) is 9.59 Å². The first kappa shape index (κ1) is 13.8. The Morgan fingerprint density at radius 1 is 1.20 bits per heavy atom. The van der Waals surface area contributed by atoms with Crippen molar-refractivity contribution < 1.29 is 9.59 Å². The van der Waals surface area contributed by atoms with E-state index in [1.807, 2.05) is 4.90 Å². The minimum absolute atomic E-state index is 0.0436. The van der Waals surface area contributed by atoms with Crippen molar-refractivity contribution in [3.8, 4) is 0 Å². The third kappa shape index (κ3) is 2.67. The van der Waals surface area contributed by atoms with Crippen LogP contribution in [0.5, 0.6) is 0 Å². The van der Waals surface area contributed by atoms with Gasteiger partial charge in [0.2, 0.25) is 11.8 Å². The molecule has 2 N–H and O–H groups in total. The monoisotopic (exact) mass is 280 g/mol. The number of carbonyl (C=O) groups is 2. The first-order valence-electron chi connectivity index (χ1n) is 7.65. The lowest BCUT2D eigenvalue weighted by molar-refractivity contribution is -0.138. The molecular formula is C14H24N4O2. The molecule has 0 saturated carbocycles. The Balaban J connectivity index is 1.48. The Bertz CT molecular complexity index is 393. The maximum atomic E-state index is 12.6. The fourth-order valence-corrected chi connectivity index (χ4v) is 3.74. The molecule has 3 aliphatic rings. The Kier molecular flexibility index (Phi) is 3.94. The third-order valence-corrected chi connectivity index (χ3v) is 4.95. The Hall–Kier alpha value is -1.14. The van der Waals surface area contributed by atoms with Gasteiger partial charge in [-0.15, -0.1) is 0 Å². The van der Waals surface area contributed by atoms with E-state index in [0.717, 1.165) is 39.0 Å². The second-order valence-corrected chi connectivity index (χ2v) is 6.16. The lowest BCUT2D eigenvalue weighted by Crippen LogP contribution is -2.53. The molecule has 0 aromatic carbocycles. The van der Waals surface area contributed by atoms with Gasteiger partial charge in [0.1, 0.15) is 0 Å². The molecule has 2 bridgehead atoms. The highest BCUT2D eigenvalue weighted by Gasteiger charge is 2.44. The summed E-state index contributed by atoms with van der Waals surface area (Å²) >= 11 is 0. The zero-order chi connectivity index (χ0) is 14.1. The molecule has 0 aromatic heterocycles. The van der Waals surface area contributed by atoms with Gasteiger partial charge in [-0.05, 0) is 19.3 Å². The van der Waals surface area contributed by atoms with Crippen LogP contribution in [0.3, 0.4) is 0 Å². The smallest absolute Gasteiger partial charge is 0.233 e. The van der Waals surface area contributed by atoms with Crippen LogP contribution in [0.2, 0.25) is 0 Å². The number of rotatable bonds is 3. The van der Waals surface area contributed by atoms with Gasteiger partial charge in [0.05, 0.1) is 12.5 Å². The van der Waals surface area contributed by atoms with Gasteiger partial charge in [-0.1, -0.05) is 0 Å². The molecule has 2 amide bonds. The van der Waals surface area contributed by atoms with Gasteiger partial charge in [-0.25, -0.2) is 0 Å². The number of hydrogen-bond donors (Lipinski definition) is 2. The van der Waals surface area contributed by atoms with Crippen LogP contribution in [-0.4, -0.2) is 73.5 Å². The number of amides is 2. The van der Waals surface area contributed by atoms with Crippen molar-refractivity contribution in [3.63, 3.8) is 0 Å². The van der Waals surface area contributed by atoms with Crippen LogP contribution in [0.4, 0.5) is 0 Å². The molecule has 3 aliphatic heterocycles. The van der Waals surface area contributed by atoms with E-state index in [1.54, 1.807) is 7.05 Å². The van der Waals surface area contributed by atoms with E-state index in [9.17, 15) is 9.59 Å². The second kappa shape index (κ2) is 5.69. The molecule has 3 heterocycles. The summed E-state index contributed by atoms with van der Waals surface area (Å²) in [6.07, 6.45) is 3.40. The van der Waals surface area contributed by atoms with Crippen LogP contribution in [0.25, 0.3) is 0 Å². The first-order chi connectivity index (χ1) is 9.67. The minimum Gasteiger partial charge on any atom is -0.358 e. The zero-order valence-electron chi connectivity index (χ0n) is 12.1. The summed E-state index contributed by atoms with van der Waals surface area (Å²) in [6.45, 7) is 3.54. The summed E-state index contributed by atoms with van der Waals surface area (Å²) < 4.78 is 0. The van der Waals surface area contributed by atoms with E-state index < -0.39 is 0 Å². The normalized spacial score (nSPS) is 33.5. The SMILES string of the molecule is CNC(=O)CN1CCN(C(=O)C2CC3CCC2N3)CC1. The number of likely N-dealkylation sites (N-methyl/N-ethyl adjacent to an activating group) is 1. The summed E-state index contributed by atoms with van der Waals surface area (Å²) in [5.74, 6) is 0.561. The van der Waals surface area contributed by atoms with E-state index in [0.29, 0.717) is 24.5 Å². The van der Waals surface area contributed by atoms with Crippen molar-refractivity contribution in [3.05, 3.63) is 0 Å². The highest BCUT2D eigenvalue weighted by molar-refractivity contribution is 5.80. The molecule has 0 radical (unpaired) electrons. The van der Waals surface area contributed by atoms with Crippen molar-refractivity contribution in [2.45, 2.75) is 31.3 Å². The van der Waals surface area contributed by atoms with E-state index in [-0.39, 0.29) is 11.8 Å². The molecule has 20 heavy (non-hydrogen) atoms. The topological polar surface area (TPSA) is 64.7 Å². The lowest BCUT2D eigenvalue weighted by Gasteiger charge is -2.36. The molecule has 0 aliphatic carbocycles. The average Bonchev–Trinajstić information content (AvgIpc) is 3.10. The number of piperazine rings is 1. The number of fused-ring (bicyclic) bond motifs is 2. The fraction of sp³-hybridized carbons (Fsp3) is 0.857. The van der Waals surface area contributed by atoms with Gasteiger partial charge in [-0.3, -0.25) is 14.5 Å². The van der Waals surface area contributed by atoms with Crippen LogP contribution >= 0.6 is 0 Å². The van der Waals surface area contributed by atoms with E-state index in [1.165, 1.54) is 6.42 Å². The highest BCUT2D eigenvalue weighted by atomic mass is 16.2. The number of hydrogen-bond acceptors (Lipinski definition) is 4. The van der Waals surface area contributed by atoms with Gasteiger partial charge >= 0.3 is 0 Å². The van der Waals surface area contributed by atoms with Crippen LogP contribution < -0.4 is 10.6 Å². The molecule has 3 atom stereocenters. The summed E-state index contributed by atoms with van der Waals surface area (Å²) in [5, 5.41) is 6.17. The Morgan fingerprint density at radius 2 is 1.95 bits per heavy atom. The molecule has 3 saturated heterocycles. The highest BCUT2D eigenvalue weighted by Crippen LogP contribution is 2.34. The molecule has 3 rings (SSSR count). The van der Waals surface area contributed by atoms with Crippen LogP contribution in [0.1, 0.15) is 19.3 Å². The molecule has 3 unspecified atom stereocenters. The molecular weight excluding hydrogens is 256 g/mol. The summed E-state index contributed by atoms with van der Waals surface area (Å²) in [7, 11) is 1.66. The third-order valence-electron chi connectivity index (χ3n) is 4.95. The lowest BCUT2D eigenvalue weighted by atomic mass is 9.88. The van der Waals surface area contributed by atoms with Gasteiger partial charge in [-0.2, -0.15) is 0 Å². The summed E-state index contributed by atoms with van der Waals surface area (Å²) in [4.78, 5) is 28.0. The predicted octanol–water partition coefficient (Wildman–Crippen LogP) is -0.983. The standard InChI is InChI=1S/C14H24N4O2/c1-15-13(19)9-17-4-6-18(7-5-17)14(20)11-8-10-2-3-12(11)16-10/h10-12,16H,2-9H2,1H3,(H,15,19). The molecule has 0 spiro atoms. The maximum absolute atomic E-state index is 12.6. The van der Waals surface area contributed by atoms with Gasteiger partial charge in [0, 0.05) is 45.3 Å². The quantitative estimate of drug-likeness (QED) is 0.697. The van der Waals surface area contributed by atoms with E-state index in [4.69, 9.17) is 0 Å². The number of carbonyl (C=O) groups excluding carboxylic acids is 2. The fourth-order valence-electron chi connectivity index (χ4n) is 3.74. The Labute approximate surface area is 119 Å². The number of nitrogens with one attached hydrogen (secondary N) is 2.